The average Bonchev–Trinajstić information content (AvgIpc) is 2.89. The largest absolute Gasteiger partial charge is 0.383 e. The molecular weight excluding hydrogens is 547 g/mol. The van der Waals surface area contributed by atoms with Crippen molar-refractivity contribution in [2.75, 3.05) is 36.8 Å². The van der Waals surface area contributed by atoms with E-state index in [4.69, 9.17) is 0 Å². The molecule has 1 aromatic heterocycles. The first-order chi connectivity index (χ1) is 19.0. The summed E-state index contributed by atoms with van der Waals surface area (Å²) >= 11 is 0. The van der Waals surface area contributed by atoms with Gasteiger partial charge < -0.3 is 10.6 Å². The third-order valence-electron chi connectivity index (χ3n) is 7.75. The number of aryl methyl sites for hydroxylation is 2. The van der Waals surface area contributed by atoms with Gasteiger partial charge in [-0.2, -0.15) is 0 Å². The number of nitrogens with zero attached hydrogens (tertiary/aromatic N) is 2. The van der Waals surface area contributed by atoms with Gasteiger partial charge in [0.25, 0.3) is 0 Å². The van der Waals surface area contributed by atoms with E-state index in [1.165, 1.54) is 44.8 Å². The van der Waals surface area contributed by atoms with E-state index in [0.717, 1.165) is 38.4 Å². The summed E-state index contributed by atoms with van der Waals surface area (Å²) in [7, 11) is 0. The molecule has 0 aliphatic rings. The minimum Gasteiger partial charge on any atom is -0.383 e. The maximum atomic E-state index is 4.64. The van der Waals surface area contributed by atoms with E-state index in [1.807, 2.05) is 12.3 Å². The Hall–Kier alpha value is -2.34. The number of anilines is 2. The summed E-state index contributed by atoms with van der Waals surface area (Å²) in [5.41, 5.74) is 12.1. The molecule has 0 amide bonds. The van der Waals surface area contributed by atoms with Crippen molar-refractivity contribution in [2.24, 2.45) is 0 Å². The second-order valence-corrected chi connectivity index (χ2v) is 12.7. The van der Waals surface area contributed by atoms with Crippen LogP contribution in [0, 0.1) is 13.8 Å². The van der Waals surface area contributed by atoms with Crippen LogP contribution in [0.1, 0.15) is 118 Å². The van der Waals surface area contributed by atoms with Crippen LogP contribution in [0.2, 0.25) is 0 Å². The molecule has 0 fully saturated rings. The Morgan fingerprint density at radius 2 is 1.02 bits per heavy atom. The first kappa shape index (κ1) is 34.9. The molecule has 1 heterocycles. The Balaban J connectivity index is 0.00000588. The van der Waals surface area contributed by atoms with E-state index >= 15 is 0 Å². The van der Waals surface area contributed by atoms with E-state index in [0.29, 0.717) is 23.7 Å². The Kier molecular flexibility index (Phi) is 13.9. The Bertz CT molecular complexity index is 1080. The normalized spacial score (nSPS) is 11.6. The fourth-order valence-corrected chi connectivity index (χ4v) is 5.58. The number of aromatic nitrogens is 1. The molecule has 4 nitrogen and oxygen atoms in total. The van der Waals surface area contributed by atoms with Gasteiger partial charge in [0.1, 0.15) is 0 Å². The zero-order valence-electron chi connectivity index (χ0n) is 27.2. The fourth-order valence-electron chi connectivity index (χ4n) is 5.58. The molecule has 227 valence electrons. The third-order valence-corrected chi connectivity index (χ3v) is 7.75. The first-order valence-electron chi connectivity index (χ1n) is 15.4. The fraction of sp³-hybridized carbons (Fsp3) is 0.528. The first-order valence-corrected chi connectivity index (χ1v) is 15.4. The summed E-state index contributed by atoms with van der Waals surface area (Å²) in [6.45, 7) is 27.3. The molecule has 0 bridgehead atoms. The number of nitrogens with one attached hydrogen (secondary N) is 2. The second-order valence-electron chi connectivity index (χ2n) is 12.7. The molecule has 5 heteroatoms. The van der Waals surface area contributed by atoms with E-state index in [-0.39, 0.29) is 16.8 Å². The number of benzene rings is 2. The predicted molar refractivity (Wildman–Crippen MR) is 175 cm³/mol. The van der Waals surface area contributed by atoms with Gasteiger partial charge in [-0.3, -0.25) is 9.88 Å². The standard InChI is InChI=1S/C36H54N4.Co/c1-24(2)31-19-28(9)20-32(25(3)4)35(31)38-15-17-40(23-30-13-11-12-14-37-30)18-16-39-36-33(26(5)6)21-29(10)22-34(36)27(7)8;/h11-14,19-22,24-27,38-39H,15-18,23H2,1-10H3;. The summed E-state index contributed by atoms with van der Waals surface area (Å²) in [5, 5.41) is 7.74. The van der Waals surface area contributed by atoms with Gasteiger partial charge in [0, 0.05) is 67.1 Å². The second kappa shape index (κ2) is 16.3. The summed E-state index contributed by atoms with van der Waals surface area (Å²) in [4.78, 5) is 7.16. The number of pyridine rings is 1. The van der Waals surface area contributed by atoms with Crippen LogP contribution >= 0.6 is 0 Å². The van der Waals surface area contributed by atoms with Crippen LogP contribution in [0.3, 0.4) is 0 Å². The van der Waals surface area contributed by atoms with Gasteiger partial charge in [0.15, 0.2) is 0 Å². The zero-order chi connectivity index (χ0) is 29.4. The number of hydrogen-bond acceptors (Lipinski definition) is 4. The van der Waals surface area contributed by atoms with E-state index in [1.54, 1.807) is 0 Å². The molecule has 3 aromatic rings. The van der Waals surface area contributed by atoms with E-state index in [2.05, 4.69) is 126 Å². The van der Waals surface area contributed by atoms with Crippen molar-refractivity contribution in [3.8, 4) is 0 Å². The molecule has 2 aromatic carbocycles. The summed E-state index contributed by atoms with van der Waals surface area (Å²) in [6.07, 6.45) is 1.90. The Morgan fingerprint density at radius 3 is 1.34 bits per heavy atom. The van der Waals surface area contributed by atoms with Crippen molar-refractivity contribution in [3.63, 3.8) is 0 Å². The Labute approximate surface area is 261 Å². The summed E-state index contributed by atoms with van der Waals surface area (Å²) in [5.74, 6) is 1.92. The molecule has 0 saturated carbocycles. The van der Waals surface area contributed by atoms with Gasteiger partial charge in [-0.1, -0.05) is 96.8 Å². The molecule has 1 radical (unpaired) electrons. The van der Waals surface area contributed by atoms with Gasteiger partial charge in [0.2, 0.25) is 0 Å². The quantitative estimate of drug-likeness (QED) is 0.193. The van der Waals surface area contributed by atoms with Crippen molar-refractivity contribution < 1.29 is 16.8 Å². The van der Waals surface area contributed by atoms with Crippen LogP contribution in [-0.4, -0.2) is 36.1 Å². The van der Waals surface area contributed by atoms with Crippen molar-refractivity contribution in [1.82, 2.24) is 9.88 Å². The molecule has 0 saturated heterocycles. The van der Waals surface area contributed by atoms with E-state index in [9.17, 15) is 0 Å². The van der Waals surface area contributed by atoms with Crippen molar-refractivity contribution in [2.45, 2.75) is 99.5 Å². The third kappa shape index (κ3) is 9.87. The average molecular weight is 602 g/mol. The van der Waals surface area contributed by atoms with Crippen LogP contribution in [0.4, 0.5) is 11.4 Å². The van der Waals surface area contributed by atoms with Crippen molar-refractivity contribution >= 4 is 11.4 Å². The van der Waals surface area contributed by atoms with Gasteiger partial charge in [0.05, 0.1) is 5.69 Å². The SMILES string of the molecule is Cc1cc(C(C)C)c(NCCN(CCNc2c(C(C)C)cc(C)cc2C(C)C)Cc2ccccn2)c(C(C)C)c1.[Co]. The number of hydrogen-bond donors (Lipinski definition) is 2. The summed E-state index contributed by atoms with van der Waals surface area (Å²) in [6, 6.07) is 15.6. The maximum Gasteiger partial charge on any atom is 0.0543 e. The van der Waals surface area contributed by atoms with Crippen LogP contribution in [0.25, 0.3) is 0 Å². The van der Waals surface area contributed by atoms with Gasteiger partial charge in [-0.05, 0) is 71.9 Å². The van der Waals surface area contributed by atoms with Crippen molar-refractivity contribution in [1.29, 1.82) is 0 Å². The molecule has 3 rings (SSSR count). The molecule has 0 spiro atoms. The van der Waals surface area contributed by atoms with Crippen LogP contribution in [-0.2, 0) is 23.3 Å². The van der Waals surface area contributed by atoms with E-state index < -0.39 is 0 Å². The molecule has 0 aliphatic heterocycles. The minimum atomic E-state index is 0. The molecule has 0 aliphatic carbocycles. The van der Waals surface area contributed by atoms with Gasteiger partial charge in [-0.25, -0.2) is 0 Å². The Morgan fingerprint density at radius 1 is 0.634 bits per heavy atom. The topological polar surface area (TPSA) is 40.2 Å². The number of rotatable bonds is 14. The monoisotopic (exact) mass is 601 g/mol. The molecular formula is C36H54CoN4. The zero-order valence-corrected chi connectivity index (χ0v) is 28.2. The van der Waals surface area contributed by atoms with Crippen LogP contribution < -0.4 is 10.6 Å². The van der Waals surface area contributed by atoms with Gasteiger partial charge in [-0.15, -0.1) is 0 Å². The maximum absolute atomic E-state index is 4.64. The summed E-state index contributed by atoms with van der Waals surface area (Å²) < 4.78 is 0. The molecule has 0 atom stereocenters. The smallest absolute Gasteiger partial charge is 0.0543 e. The van der Waals surface area contributed by atoms with Crippen LogP contribution in [0.15, 0.2) is 48.7 Å². The van der Waals surface area contributed by atoms with Gasteiger partial charge >= 0.3 is 0 Å². The van der Waals surface area contributed by atoms with Crippen molar-refractivity contribution in [3.05, 3.63) is 87.7 Å². The molecule has 2 N–H and O–H groups in total. The predicted octanol–water partition coefficient (Wildman–Crippen LogP) is 9.22. The molecule has 0 unspecified atom stereocenters. The minimum absolute atomic E-state index is 0. The molecule has 41 heavy (non-hydrogen) atoms. The van der Waals surface area contributed by atoms with Crippen LogP contribution in [0.5, 0.6) is 0 Å².